The molecule has 3 rings (SSSR count). The maximum Gasteiger partial charge on any atom is 0.302 e. The van der Waals surface area contributed by atoms with E-state index in [9.17, 15) is 9.59 Å². The molecule has 0 radical (unpaired) electrons. The second kappa shape index (κ2) is 6.43. The van der Waals surface area contributed by atoms with Crippen LogP contribution in [-0.4, -0.2) is 34.8 Å². The number of aromatic nitrogens is 1. The maximum atomic E-state index is 12.3. The fourth-order valence-electron chi connectivity index (χ4n) is 2.45. The zero-order valence-corrected chi connectivity index (χ0v) is 12.1. The molecule has 0 unspecified atom stereocenters. The lowest BCUT2D eigenvalue weighted by Gasteiger charge is -2.25. The molecule has 1 fully saturated rings. The Morgan fingerprint density at radius 1 is 1.09 bits per heavy atom. The van der Waals surface area contributed by atoms with Crippen LogP contribution >= 0.6 is 0 Å². The van der Waals surface area contributed by atoms with Gasteiger partial charge in [-0.3, -0.25) is 14.9 Å². The number of benzene rings is 1. The van der Waals surface area contributed by atoms with E-state index < -0.39 is 0 Å². The van der Waals surface area contributed by atoms with Gasteiger partial charge in [0, 0.05) is 18.7 Å². The van der Waals surface area contributed by atoms with Gasteiger partial charge in [0.15, 0.2) is 5.69 Å². The highest BCUT2D eigenvalue weighted by atomic mass is 16.4. The van der Waals surface area contributed by atoms with Gasteiger partial charge in [0.05, 0.1) is 0 Å². The van der Waals surface area contributed by atoms with Gasteiger partial charge >= 0.3 is 6.01 Å². The second-order valence-corrected chi connectivity index (χ2v) is 5.21. The zero-order valence-electron chi connectivity index (χ0n) is 12.1. The van der Waals surface area contributed by atoms with Crippen molar-refractivity contribution in [1.29, 1.82) is 0 Å². The lowest BCUT2D eigenvalue weighted by molar-refractivity contribution is 0.0718. The smallest absolute Gasteiger partial charge is 0.302 e. The highest BCUT2D eigenvalue weighted by molar-refractivity contribution is 6.03. The minimum atomic E-state index is -0.320. The Bertz CT molecular complexity index is 660. The van der Waals surface area contributed by atoms with E-state index >= 15 is 0 Å². The Balaban J connectivity index is 1.66. The first kappa shape index (κ1) is 14.3. The van der Waals surface area contributed by atoms with Crippen LogP contribution in [0, 0.1) is 0 Å². The van der Waals surface area contributed by atoms with Crippen molar-refractivity contribution >= 4 is 17.8 Å². The van der Waals surface area contributed by atoms with E-state index in [0.717, 1.165) is 32.4 Å². The molecule has 1 N–H and O–H groups in total. The van der Waals surface area contributed by atoms with Crippen LogP contribution in [0.1, 0.15) is 40.1 Å². The van der Waals surface area contributed by atoms with E-state index in [-0.39, 0.29) is 23.5 Å². The summed E-state index contributed by atoms with van der Waals surface area (Å²) in [7, 11) is 0. The van der Waals surface area contributed by atoms with Gasteiger partial charge < -0.3 is 9.32 Å². The number of nitrogens with one attached hydrogen (secondary N) is 1. The molecule has 1 aromatic heterocycles. The van der Waals surface area contributed by atoms with Gasteiger partial charge in [-0.2, -0.15) is 4.98 Å². The van der Waals surface area contributed by atoms with E-state index in [2.05, 4.69) is 10.3 Å². The van der Waals surface area contributed by atoms with Crippen LogP contribution in [-0.2, 0) is 0 Å². The lowest BCUT2D eigenvalue weighted by atomic mass is 10.1. The first-order chi connectivity index (χ1) is 10.7. The average molecular weight is 299 g/mol. The SMILES string of the molecule is O=C(Nc1nc(C(=O)N2CCCCC2)co1)c1ccccc1. The van der Waals surface area contributed by atoms with Crippen LogP contribution in [0.5, 0.6) is 0 Å². The number of hydrogen-bond acceptors (Lipinski definition) is 4. The quantitative estimate of drug-likeness (QED) is 0.945. The average Bonchev–Trinajstić information content (AvgIpc) is 3.04. The van der Waals surface area contributed by atoms with Crippen molar-refractivity contribution in [1.82, 2.24) is 9.88 Å². The third-order valence-corrected chi connectivity index (χ3v) is 3.62. The number of carbonyl (C=O) groups is 2. The Hall–Kier alpha value is -2.63. The van der Waals surface area contributed by atoms with Gasteiger partial charge in [0.1, 0.15) is 6.26 Å². The van der Waals surface area contributed by atoms with Gasteiger partial charge in [-0.05, 0) is 31.4 Å². The number of rotatable bonds is 3. The maximum absolute atomic E-state index is 12.3. The molecule has 0 aliphatic carbocycles. The predicted octanol–water partition coefficient (Wildman–Crippen LogP) is 2.55. The summed E-state index contributed by atoms with van der Waals surface area (Å²) < 4.78 is 5.18. The summed E-state index contributed by atoms with van der Waals surface area (Å²) in [6, 6.07) is 8.80. The van der Waals surface area contributed by atoms with E-state index in [4.69, 9.17) is 4.42 Å². The zero-order chi connectivity index (χ0) is 15.4. The second-order valence-electron chi connectivity index (χ2n) is 5.21. The minimum Gasteiger partial charge on any atom is -0.431 e. The topological polar surface area (TPSA) is 75.4 Å². The molecule has 6 heteroatoms. The normalized spacial score (nSPS) is 14.6. The van der Waals surface area contributed by atoms with Gasteiger partial charge in [-0.25, -0.2) is 0 Å². The van der Waals surface area contributed by atoms with Gasteiger partial charge in [0.2, 0.25) is 0 Å². The molecule has 6 nitrogen and oxygen atoms in total. The van der Waals surface area contributed by atoms with E-state index in [1.807, 2.05) is 6.07 Å². The number of anilines is 1. The summed E-state index contributed by atoms with van der Waals surface area (Å²) in [5.74, 6) is -0.469. The van der Waals surface area contributed by atoms with Gasteiger partial charge in [-0.1, -0.05) is 18.2 Å². The number of piperidine rings is 1. The number of oxazole rings is 1. The number of nitrogens with zero attached hydrogens (tertiary/aromatic N) is 2. The third-order valence-electron chi connectivity index (χ3n) is 3.62. The standard InChI is InChI=1S/C16H17N3O3/c20-14(12-7-3-1-4-8-12)18-16-17-13(11-22-16)15(21)19-9-5-2-6-10-19/h1,3-4,7-8,11H,2,5-6,9-10H2,(H,17,18,20). The van der Waals surface area contributed by atoms with E-state index in [1.165, 1.54) is 6.26 Å². The fourth-order valence-corrected chi connectivity index (χ4v) is 2.45. The summed E-state index contributed by atoms with van der Waals surface area (Å²) in [6.07, 6.45) is 4.47. The molecule has 2 heterocycles. The van der Waals surface area contributed by atoms with Crippen molar-refractivity contribution in [3.63, 3.8) is 0 Å². The summed E-state index contributed by atoms with van der Waals surface area (Å²) >= 11 is 0. The summed E-state index contributed by atoms with van der Waals surface area (Å²) in [4.78, 5) is 30.1. The molecule has 114 valence electrons. The van der Waals surface area contributed by atoms with Crippen molar-refractivity contribution in [2.45, 2.75) is 19.3 Å². The molecule has 1 saturated heterocycles. The fraction of sp³-hybridized carbons (Fsp3) is 0.312. The van der Waals surface area contributed by atoms with Crippen LogP contribution in [0.15, 0.2) is 41.0 Å². The van der Waals surface area contributed by atoms with Gasteiger partial charge in [0.25, 0.3) is 11.8 Å². The molecule has 0 atom stereocenters. The number of likely N-dealkylation sites (tertiary alicyclic amines) is 1. The Morgan fingerprint density at radius 3 is 2.55 bits per heavy atom. The van der Waals surface area contributed by atoms with Crippen LogP contribution in [0.2, 0.25) is 0 Å². The van der Waals surface area contributed by atoms with Crippen LogP contribution in [0.3, 0.4) is 0 Å². The molecule has 1 aromatic carbocycles. The lowest BCUT2D eigenvalue weighted by Crippen LogP contribution is -2.35. The summed E-state index contributed by atoms with van der Waals surface area (Å²) in [5, 5.41) is 2.55. The largest absolute Gasteiger partial charge is 0.431 e. The molecule has 0 saturated carbocycles. The van der Waals surface area contributed by atoms with Crippen molar-refractivity contribution < 1.29 is 14.0 Å². The molecular formula is C16H17N3O3. The van der Waals surface area contributed by atoms with Crippen LogP contribution < -0.4 is 5.32 Å². The minimum absolute atomic E-state index is 0.0363. The monoisotopic (exact) mass is 299 g/mol. The number of carbonyl (C=O) groups excluding carboxylic acids is 2. The number of amides is 2. The van der Waals surface area contributed by atoms with Crippen molar-refractivity contribution in [3.05, 3.63) is 47.9 Å². The molecule has 1 aliphatic rings. The van der Waals surface area contributed by atoms with Crippen LogP contribution in [0.25, 0.3) is 0 Å². The summed E-state index contributed by atoms with van der Waals surface area (Å²) in [5.41, 5.74) is 0.731. The van der Waals surface area contributed by atoms with Gasteiger partial charge in [-0.15, -0.1) is 0 Å². The van der Waals surface area contributed by atoms with Crippen molar-refractivity contribution in [2.24, 2.45) is 0 Å². The molecule has 0 bridgehead atoms. The van der Waals surface area contributed by atoms with E-state index in [0.29, 0.717) is 5.56 Å². The Labute approximate surface area is 128 Å². The number of hydrogen-bond donors (Lipinski definition) is 1. The molecule has 2 amide bonds. The van der Waals surface area contributed by atoms with Crippen LogP contribution in [0.4, 0.5) is 6.01 Å². The highest BCUT2D eigenvalue weighted by Crippen LogP contribution is 2.15. The molecule has 0 spiro atoms. The van der Waals surface area contributed by atoms with Crippen molar-refractivity contribution in [3.8, 4) is 0 Å². The molecular weight excluding hydrogens is 282 g/mol. The first-order valence-corrected chi connectivity index (χ1v) is 7.35. The molecule has 2 aromatic rings. The Morgan fingerprint density at radius 2 is 1.82 bits per heavy atom. The third kappa shape index (κ3) is 3.16. The molecule has 22 heavy (non-hydrogen) atoms. The molecule has 1 aliphatic heterocycles. The first-order valence-electron chi connectivity index (χ1n) is 7.35. The Kier molecular flexibility index (Phi) is 4.18. The van der Waals surface area contributed by atoms with E-state index in [1.54, 1.807) is 29.2 Å². The predicted molar refractivity (Wildman–Crippen MR) is 80.7 cm³/mol. The highest BCUT2D eigenvalue weighted by Gasteiger charge is 2.21. The van der Waals surface area contributed by atoms with Crippen molar-refractivity contribution in [2.75, 3.05) is 18.4 Å². The summed E-state index contributed by atoms with van der Waals surface area (Å²) in [6.45, 7) is 1.49.